The number of amides is 3. The van der Waals surface area contributed by atoms with E-state index in [0.717, 1.165) is 25.7 Å². The Bertz CT molecular complexity index is 823. The minimum atomic E-state index is -1.31. The molecule has 0 aromatic rings. The van der Waals surface area contributed by atoms with Crippen molar-refractivity contribution in [1.82, 2.24) is 20.0 Å². The van der Waals surface area contributed by atoms with Crippen molar-refractivity contribution >= 4 is 40.9 Å². The summed E-state index contributed by atoms with van der Waals surface area (Å²) in [6.45, 7) is 3.65. The van der Waals surface area contributed by atoms with Crippen molar-refractivity contribution in [3.05, 3.63) is 0 Å². The number of halogens is 3. The molecule has 2 aliphatic carbocycles. The lowest BCUT2D eigenvalue weighted by atomic mass is 9.51. The summed E-state index contributed by atoms with van der Waals surface area (Å²) in [5.41, 5.74) is -1.05. The van der Waals surface area contributed by atoms with E-state index in [9.17, 15) is 18.8 Å². The highest BCUT2D eigenvalue weighted by Crippen LogP contribution is 2.58. The number of hydrogen-bond acceptors (Lipinski definition) is 4. The molecule has 3 saturated heterocycles. The molecule has 5 rings (SSSR count). The SMILES string of the molecule is CC(=O)N1CC2(C1)CC1(C2)C(=O)N(C2NCC(Cl)CC2F)CC(=O)N1CC1CCC(Cl)CC1. The molecule has 0 aromatic heterocycles. The summed E-state index contributed by atoms with van der Waals surface area (Å²) >= 11 is 12.4. The van der Waals surface area contributed by atoms with Gasteiger partial charge in [-0.05, 0) is 50.9 Å². The van der Waals surface area contributed by atoms with Crippen LogP contribution in [0.2, 0.25) is 0 Å². The van der Waals surface area contributed by atoms with Crippen LogP contribution in [0.5, 0.6) is 0 Å². The van der Waals surface area contributed by atoms with Crippen LogP contribution in [0.4, 0.5) is 4.39 Å². The third-order valence-corrected chi connectivity index (χ3v) is 9.31. The van der Waals surface area contributed by atoms with Crippen LogP contribution in [-0.4, -0.2) is 93.8 Å². The first-order chi connectivity index (χ1) is 15.6. The third-order valence-electron chi connectivity index (χ3n) is 8.54. The Morgan fingerprint density at radius 3 is 2.39 bits per heavy atom. The lowest BCUT2D eigenvalue weighted by Crippen LogP contribution is -2.82. The van der Waals surface area contributed by atoms with E-state index in [0.29, 0.717) is 44.9 Å². The first-order valence-electron chi connectivity index (χ1n) is 12.2. The van der Waals surface area contributed by atoms with Crippen LogP contribution in [0.1, 0.15) is 51.9 Å². The molecular formula is C23H33Cl2FN4O3. The van der Waals surface area contributed by atoms with Gasteiger partial charge in [-0.15, -0.1) is 23.2 Å². The standard InChI is InChI=1S/C23H33Cl2FN4O3/c1-14(31)28-12-22(13-28)10-23(11-22)21(33)29(20-18(26)6-17(25)7-27-20)9-19(32)30(23)8-15-2-4-16(24)5-3-15/h15-18,20,27H,2-13H2,1H3. The highest BCUT2D eigenvalue weighted by molar-refractivity contribution is 6.21. The number of rotatable bonds is 3. The third kappa shape index (κ3) is 4.04. The molecule has 3 unspecified atom stereocenters. The van der Waals surface area contributed by atoms with Gasteiger partial charge in [-0.3, -0.25) is 19.7 Å². The second kappa shape index (κ2) is 8.52. The van der Waals surface area contributed by atoms with E-state index in [-0.39, 0.29) is 46.9 Å². The molecule has 3 amide bonds. The molecule has 10 heteroatoms. The van der Waals surface area contributed by atoms with Crippen LogP contribution in [0.15, 0.2) is 0 Å². The monoisotopic (exact) mass is 502 g/mol. The molecule has 2 saturated carbocycles. The van der Waals surface area contributed by atoms with E-state index in [1.165, 1.54) is 4.90 Å². The van der Waals surface area contributed by atoms with Crippen LogP contribution in [-0.2, 0) is 14.4 Å². The van der Waals surface area contributed by atoms with Crippen LogP contribution >= 0.6 is 23.2 Å². The number of hydrogen-bond donors (Lipinski definition) is 1. The molecule has 3 heterocycles. The summed E-state index contributed by atoms with van der Waals surface area (Å²) in [7, 11) is 0. The van der Waals surface area contributed by atoms with E-state index in [4.69, 9.17) is 23.2 Å². The first kappa shape index (κ1) is 23.6. The number of alkyl halides is 3. The Kier molecular flexibility index (Phi) is 6.10. The normalized spacial score (nSPS) is 37.8. The van der Waals surface area contributed by atoms with Crippen molar-refractivity contribution in [1.29, 1.82) is 0 Å². The van der Waals surface area contributed by atoms with Gasteiger partial charge in [0.25, 0.3) is 0 Å². The van der Waals surface area contributed by atoms with E-state index in [1.807, 2.05) is 4.90 Å². The van der Waals surface area contributed by atoms with Crippen LogP contribution in [0, 0.1) is 11.3 Å². The maximum absolute atomic E-state index is 14.9. The van der Waals surface area contributed by atoms with Crippen LogP contribution in [0.3, 0.4) is 0 Å². The fourth-order valence-corrected chi connectivity index (χ4v) is 7.38. The smallest absolute Gasteiger partial charge is 0.250 e. The molecule has 33 heavy (non-hydrogen) atoms. The van der Waals surface area contributed by atoms with Crippen LogP contribution < -0.4 is 5.32 Å². The number of likely N-dealkylation sites (tertiary alicyclic amines) is 1. The molecular weight excluding hydrogens is 470 g/mol. The first-order valence-corrected chi connectivity index (χ1v) is 13.0. The van der Waals surface area contributed by atoms with Crippen molar-refractivity contribution in [2.24, 2.45) is 11.3 Å². The van der Waals surface area contributed by atoms with Gasteiger partial charge in [0.05, 0.1) is 0 Å². The molecule has 5 aliphatic rings. The Hall–Kier alpha value is -1.12. The predicted octanol–water partition coefficient (Wildman–Crippen LogP) is 2.10. The van der Waals surface area contributed by atoms with E-state index in [1.54, 1.807) is 11.8 Å². The van der Waals surface area contributed by atoms with Crippen molar-refractivity contribution in [3.63, 3.8) is 0 Å². The molecule has 2 spiro atoms. The summed E-state index contributed by atoms with van der Waals surface area (Å²) < 4.78 is 14.9. The van der Waals surface area contributed by atoms with Gasteiger partial charge in [-0.2, -0.15) is 0 Å². The zero-order valence-electron chi connectivity index (χ0n) is 19.1. The number of nitrogens with zero attached hydrogens (tertiary/aromatic N) is 3. The van der Waals surface area contributed by atoms with Gasteiger partial charge < -0.3 is 14.7 Å². The number of piperidine rings is 1. The van der Waals surface area contributed by atoms with Gasteiger partial charge in [0.2, 0.25) is 17.7 Å². The molecule has 7 nitrogen and oxygen atoms in total. The quantitative estimate of drug-likeness (QED) is 0.599. The fourth-order valence-electron chi connectivity index (χ4n) is 6.87. The largest absolute Gasteiger partial charge is 0.342 e. The number of nitrogens with one attached hydrogen (secondary N) is 1. The Balaban J connectivity index is 1.37. The predicted molar refractivity (Wildman–Crippen MR) is 123 cm³/mol. The maximum Gasteiger partial charge on any atom is 0.250 e. The highest BCUT2D eigenvalue weighted by atomic mass is 35.5. The Morgan fingerprint density at radius 1 is 1.12 bits per heavy atom. The van der Waals surface area contributed by atoms with Gasteiger partial charge >= 0.3 is 0 Å². The molecule has 0 aromatic carbocycles. The average molecular weight is 503 g/mol. The van der Waals surface area contributed by atoms with Crippen molar-refractivity contribution < 1.29 is 18.8 Å². The van der Waals surface area contributed by atoms with Gasteiger partial charge in [-0.1, -0.05) is 0 Å². The molecule has 3 aliphatic heterocycles. The van der Waals surface area contributed by atoms with E-state index >= 15 is 0 Å². The summed E-state index contributed by atoms with van der Waals surface area (Å²) in [5, 5.41) is 2.92. The molecule has 0 radical (unpaired) electrons. The molecule has 0 bridgehead atoms. The topological polar surface area (TPSA) is 73.0 Å². The lowest BCUT2D eigenvalue weighted by molar-refractivity contribution is -0.207. The Morgan fingerprint density at radius 2 is 1.79 bits per heavy atom. The lowest BCUT2D eigenvalue weighted by Gasteiger charge is -2.68. The van der Waals surface area contributed by atoms with Crippen LogP contribution in [0.25, 0.3) is 0 Å². The zero-order valence-corrected chi connectivity index (χ0v) is 20.6. The van der Waals surface area contributed by atoms with Crippen molar-refractivity contribution in [3.8, 4) is 0 Å². The van der Waals surface area contributed by atoms with Gasteiger partial charge in [0.15, 0.2) is 0 Å². The highest BCUT2D eigenvalue weighted by Gasteiger charge is 2.69. The van der Waals surface area contributed by atoms with Crippen molar-refractivity contribution in [2.45, 2.75) is 80.5 Å². The maximum atomic E-state index is 14.9. The van der Waals surface area contributed by atoms with Gasteiger partial charge in [-0.25, -0.2) is 4.39 Å². The molecule has 3 atom stereocenters. The number of carbonyl (C=O) groups is 3. The van der Waals surface area contributed by atoms with E-state index in [2.05, 4.69) is 5.32 Å². The van der Waals surface area contributed by atoms with Gasteiger partial charge in [0, 0.05) is 49.3 Å². The van der Waals surface area contributed by atoms with Crippen molar-refractivity contribution in [2.75, 3.05) is 32.7 Å². The minimum Gasteiger partial charge on any atom is -0.342 e. The Labute approximate surface area is 204 Å². The molecule has 5 fully saturated rings. The second-order valence-electron chi connectivity index (χ2n) is 11.0. The summed E-state index contributed by atoms with van der Waals surface area (Å²) in [6.07, 6.45) is 2.84. The average Bonchev–Trinajstić information content (AvgIpc) is 2.69. The van der Waals surface area contributed by atoms with E-state index < -0.39 is 17.9 Å². The zero-order chi connectivity index (χ0) is 23.5. The molecule has 184 valence electrons. The van der Waals surface area contributed by atoms with Gasteiger partial charge in [0.1, 0.15) is 24.4 Å². The number of piperazine rings is 1. The second-order valence-corrected chi connectivity index (χ2v) is 12.3. The minimum absolute atomic E-state index is 0.0336. The number of carbonyl (C=O) groups excluding carboxylic acids is 3. The summed E-state index contributed by atoms with van der Waals surface area (Å²) in [4.78, 5) is 44.2. The summed E-state index contributed by atoms with van der Waals surface area (Å²) in [5.74, 6) is 0.0900. The fraction of sp³-hybridized carbons (Fsp3) is 0.870. The summed E-state index contributed by atoms with van der Waals surface area (Å²) in [6, 6.07) is 0. The molecule has 1 N–H and O–H groups in total.